The molecular formula is C12H15N5O. The number of hydrogen-bond donors (Lipinski definition) is 1. The van der Waals surface area contributed by atoms with Crippen LogP contribution in [0.4, 0.5) is 5.82 Å². The first-order valence-corrected chi connectivity index (χ1v) is 5.98. The summed E-state index contributed by atoms with van der Waals surface area (Å²) in [5, 5.41) is 9.05. The van der Waals surface area contributed by atoms with Crippen molar-refractivity contribution in [1.82, 2.24) is 9.97 Å². The van der Waals surface area contributed by atoms with Gasteiger partial charge in [0.05, 0.1) is 6.54 Å². The zero-order chi connectivity index (χ0) is 13.0. The van der Waals surface area contributed by atoms with Gasteiger partial charge in [0.2, 0.25) is 5.91 Å². The number of carbonyl (C=O) groups is 1. The Hall–Kier alpha value is -2.16. The zero-order valence-corrected chi connectivity index (χ0v) is 10.0. The Balaban J connectivity index is 2.32. The van der Waals surface area contributed by atoms with Gasteiger partial charge in [-0.15, -0.1) is 0 Å². The topological polar surface area (TPSA) is 95.9 Å². The summed E-state index contributed by atoms with van der Waals surface area (Å²) >= 11 is 0. The van der Waals surface area contributed by atoms with Crippen molar-refractivity contribution in [3.05, 3.63) is 18.1 Å². The summed E-state index contributed by atoms with van der Waals surface area (Å²) in [7, 11) is 0. The normalized spacial score (nSPS) is 15.3. The maximum atomic E-state index is 11.2. The van der Waals surface area contributed by atoms with E-state index in [-0.39, 0.29) is 18.3 Å². The molecular weight excluding hydrogens is 230 g/mol. The first kappa shape index (κ1) is 12.3. The summed E-state index contributed by atoms with van der Waals surface area (Å²) in [6, 6.07) is 2.23. The van der Waals surface area contributed by atoms with Crippen LogP contribution in [0.25, 0.3) is 0 Å². The van der Waals surface area contributed by atoms with E-state index in [4.69, 9.17) is 11.0 Å². The van der Waals surface area contributed by atoms with Crippen LogP contribution in [0, 0.1) is 11.3 Å². The predicted molar refractivity (Wildman–Crippen MR) is 65.5 cm³/mol. The van der Waals surface area contributed by atoms with Gasteiger partial charge in [-0.05, 0) is 12.8 Å². The second-order valence-electron chi connectivity index (χ2n) is 4.37. The lowest BCUT2D eigenvalue weighted by atomic mass is 10.2. The van der Waals surface area contributed by atoms with Crippen LogP contribution in [0.2, 0.25) is 0 Å². The quantitative estimate of drug-likeness (QED) is 0.837. The molecule has 0 aliphatic heterocycles. The number of hydrogen-bond acceptors (Lipinski definition) is 5. The van der Waals surface area contributed by atoms with E-state index in [1.54, 1.807) is 0 Å². The highest BCUT2D eigenvalue weighted by Gasteiger charge is 2.27. The average molecular weight is 245 g/mol. The Morgan fingerprint density at radius 2 is 2.11 bits per heavy atom. The third kappa shape index (κ3) is 2.56. The number of nitriles is 1. The van der Waals surface area contributed by atoms with E-state index in [1.807, 2.05) is 11.0 Å². The molecule has 6 heteroatoms. The monoisotopic (exact) mass is 245 g/mol. The first-order chi connectivity index (χ1) is 8.72. The second-order valence-corrected chi connectivity index (χ2v) is 4.37. The van der Waals surface area contributed by atoms with Crippen molar-refractivity contribution >= 4 is 11.7 Å². The lowest BCUT2D eigenvalue weighted by molar-refractivity contribution is -0.116. The number of carbonyl (C=O) groups excluding carboxylic acids is 1. The molecule has 1 fully saturated rings. The van der Waals surface area contributed by atoms with Gasteiger partial charge >= 0.3 is 0 Å². The summed E-state index contributed by atoms with van der Waals surface area (Å²) in [6.07, 6.45) is 7.24. The predicted octanol–water partition coefficient (Wildman–Crippen LogP) is 0.583. The molecule has 1 aromatic rings. The third-order valence-electron chi connectivity index (χ3n) is 3.15. The Bertz CT molecular complexity index is 476. The van der Waals surface area contributed by atoms with E-state index in [0.717, 1.165) is 25.7 Å². The smallest absolute Gasteiger partial charge is 0.237 e. The molecule has 0 radical (unpaired) electrons. The van der Waals surface area contributed by atoms with Crippen molar-refractivity contribution in [2.24, 2.45) is 5.73 Å². The fourth-order valence-electron chi connectivity index (χ4n) is 2.38. The molecule has 1 aliphatic rings. The third-order valence-corrected chi connectivity index (χ3v) is 3.15. The fourth-order valence-corrected chi connectivity index (χ4v) is 2.38. The summed E-state index contributed by atoms with van der Waals surface area (Å²) < 4.78 is 0. The molecule has 18 heavy (non-hydrogen) atoms. The molecule has 2 N–H and O–H groups in total. The number of nitrogens with two attached hydrogens (primary N) is 1. The molecule has 1 amide bonds. The van der Waals surface area contributed by atoms with E-state index in [2.05, 4.69) is 9.97 Å². The van der Waals surface area contributed by atoms with Crippen LogP contribution >= 0.6 is 0 Å². The Morgan fingerprint density at radius 1 is 1.44 bits per heavy atom. The number of rotatable bonds is 4. The zero-order valence-electron chi connectivity index (χ0n) is 10.0. The minimum Gasteiger partial charge on any atom is -0.368 e. The van der Waals surface area contributed by atoms with Crippen LogP contribution in [0.3, 0.4) is 0 Å². The van der Waals surface area contributed by atoms with E-state index in [0.29, 0.717) is 5.82 Å². The van der Waals surface area contributed by atoms with Gasteiger partial charge in [-0.3, -0.25) is 4.79 Å². The van der Waals surface area contributed by atoms with Crippen molar-refractivity contribution < 1.29 is 4.79 Å². The van der Waals surface area contributed by atoms with Gasteiger partial charge in [-0.25, -0.2) is 9.97 Å². The summed E-state index contributed by atoms with van der Waals surface area (Å²) in [5.74, 6) is 0.0437. The lowest BCUT2D eigenvalue weighted by Gasteiger charge is -2.28. The maximum absolute atomic E-state index is 11.2. The maximum Gasteiger partial charge on any atom is 0.237 e. The Kier molecular flexibility index (Phi) is 3.72. The van der Waals surface area contributed by atoms with Crippen LogP contribution in [0.1, 0.15) is 31.4 Å². The van der Waals surface area contributed by atoms with Crippen molar-refractivity contribution in [2.45, 2.75) is 31.7 Å². The lowest BCUT2D eigenvalue weighted by Crippen LogP contribution is -2.41. The highest BCUT2D eigenvalue weighted by Crippen LogP contribution is 2.27. The SMILES string of the molecule is N#Cc1nccnc1N(CC(N)=O)C1CCCC1. The fraction of sp³-hybridized carbons (Fsp3) is 0.500. The molecule has 6 nitrogen and oxygen atoms in total. The van der Waals surface area contributed by atoms with Gasteiger partial charge in [0.15, 0.2) is 11.5 Å². The average Bonchev–Trinajstić information content (AvgIpc) is 2.89. The molecule has 1 saturated carbocycles. The van der Waals surface area contributed by atoms with Crippen molar-refractivity contribution in [2.75, 3.05) is 11.4 Å². The molecule has 0 atom stereocenters. The molecule has 0 unspecified atom stereocenters. The van der Waals surface area contributed by atoms with Gasteiger partial charge in [-0.1, -0.05) is 12.8 Å². The van der Waals surface area contributed by atoms with E-state index in [1.165, 1.54) is 12.4 Å². The number of primary amides is 1. The van der Waals surface area contributed by atoms with Crippen LogP contribution < -0.4 is 10.6 Å². The highest BCUT2D eigenvalue weighted by atomic mass is 16.1. The van der Waals surface area contributed by atoms with Crippen LogP contribution in [0.15, 0.2) is 12.4 Å². The van der Waals surface area contributed by atoms with Gasteiger partial charge in [0, 0.05) is 18.4 Å². The summed E-state index contributed by atoms with van der Waals surface area (Å²) in [4.78, 5) is 21.2. The molecule has 0 saturated heterocycles. The number of nitrogens with zero attached hydrogens (tertiary/aromatic N) is 4. The summed E-state index contributed by atoms with van der Waals surface area (Å²) in [5.41, 5.74) is 5.52. The molecule has 1 aromatic heterocycles. The molecule has 0 bridgehead atoms. The first-order valence-electron chi connectivity index (χ1n) is 5.98. The molecule has 0 aromatic carbocycles. The largest absolute Gasteiger partial charge is 0.368 e. The van der Waals surface area contributed by atoms with E-state index < -0.39 is 5.91 Å². The van der Waals surface area contributed by atoms with Crippen molar-refractivity contribution in [1.29, 1.82) is 5.26 Å². The standard InChI is InChI=1S/C12H15N5O/c13-7-10-12(16-6-5-15-10)17(8-11(14)18)9-3-1-2-4-9/h5-6,9H,1-4,8H2,(H2,14,18). The van der Waals surface area contributed by atoms with Gasteiger partial charge in [-0.2, -0.15) is 5.26 Å². The van der Waals surface area contributed by atoms with E-state index in [9.17, 15) is 4.79 Å². The molecule has 94 valence electrons. The van der Waals surface area contributed by atoms with Gasteiger partial charge in [0.1, 0.15) is 6.07 Å². The van der Waals surface area contributed by atoms with Gasteiger partial charge < -0.3 is 10.6 Å². The molecule has 2 rings (SSSR count). The Labute approximate surface area is 105 Å². The van der Waals surface area contributed by atoms with Crippen LogP contribution in [0.5, 0.6) is 0 Å². The second kappa shape index (κ2) is 5.45. The number of aromatic nitrogens is 2. The number of anilines is 1. The number of amides is 1. The highest BCUT2D eigenvalue weighted by molar-refractivity contribution is 5.79. The van der Waals surface area contributed by atoms with Crippen LogP contribution in [-0.4, -0.2) is 28.5 Å². The molecule has 0 spiro atoms. The van der Waals surface area contributed by atoms with Crippen molar-refractivity contribution in [3.63, 3.8) is 0 Å². The Morgan fingerprint density at radius 3 is 2.72 bits per heavy atom. The minimum atomic E-state index is -0.420. The summed E-state index contributed by atoms with van der Waals surface area (Å²) in [6.45, 7) is 0.0814. The molecule has 1 aliphatic carbocycles. The van der Waals surface area contributed by atoms with E-state index >= 15 is 0 Å². The van der Waals surface area contributed by atoms with Gasteiger partial charge in [0.25, 0.3) is 0 Å². The minimum absolute atomic E-state index is 0.0814. The van der Waals surface area contributed by atoms with Crippen LogP contribution in [-0.2, 0) is 4.79 Å². The molecule has 1 heterocycles. The van der Waals surface area contributed by atoms with Crippen molar-refractivity contribution in [3.8, 4) is 6.07 Å².